The maximum absolute atomic E-state index is 13.2. The van der Waals surface area contributed by atoms with Crippen molar-refractivity contribution in [2.75, 3.05) is 0 Å². The van der Waals surface area contributed by atoms with Crippen LogP contribution in [-0.2, 0) is 4.79 Å². The second-order valence-electron chi connectivity index (χ2n) is 5.66. The summed E-state index contributed by atoms with van der Waals surface area (Å²) >= 11 is 1.27. The summed E-state index contributed by atoms with van der Waals surface area (Å²) in [5, 5.41) is 24.1. The molecule has 0 spiro atoms. The van der Waals surface area contributed by atoms with Gasteiger partial charge in [0.2, 0.25) is 5.16 Å². The van der Waals surface area contributed by atoms with Crippen molar-refractivity contribution in [3.63, 3.8) is 0 Å². The molecule has 2 aromatic carbocycles. The number of nitrogens with zero attached hydrogens (tertiary/aromatic N) is 4. The molecule has 0 saturated heterocycles. The van der Waals surface area contributed by atoms with Crippen LogP contribution in [0, 0.1) is 5.82 Å². The van der Waals surface area contributed by atoms with Crippen molar-refractivity contribution >= 4 is 23.4 Å². The third-order valence-corrected chi connectivity index (χ3v) is 5.04. The Morgan fingerprint density at radius 1 is 1.08 bits per heavy atom. The van der Waals surface area contributed by atoms with Crippen molar-refractivity contribution in [3.8, 4) is 11.4 Å². The van der Waals surface area contributed by atoms with Gasteiger partial charge in [-0.05, 0) is 29.8 Å². The van der Waals surface area contributed by atoms with Crippen molar-refractivity contribution in [2.24, 2.45) is 5.10 Å². The number of carboxylic acid groups (broad SMARTS) is 1. The molecule has 26 heavy (non-hydrogen) atoms. The molecule has 1 aromatic heterocycles. The maximum atomic E-state index is 13.2. The molecule has 0 unspecified atom stereocenters. The van der Waals surface area contributed by atoms with Crippen LogP contribution in [0.4, 0.5) is 4.39 Å². The highest BCUT2D eigenvalue weighted by Gasteiger charge is 2.29. The van der Waals surface area contributed by atoms with E-state index in [2.05, 4.69) is 15.3 Å². The second-order valence-corrected chi connectivity index (χ2v) is 6.83. The van der Waals surface area contributed by atoms with Crippen LogP contribution < -0.4 is 5.11 Å². The molecular formula is C18H12FN4O2S-. The van der Waals surface area contributed by atoms with E-state index < -0.39 is 11.2 Å². The Bertz CT molecular complexity index is 986. The van der Waals surface area contributed by atoms with E-state index in [1.165, 1.54) is 23.9 Å². The summed E-state index contributed by atoms with van der Waals surface area (Å²) in [4.78, 5) is 11.2. The first-order valence-corrected chi connectivity index (χ1v) is 8.72. The Hall–Kier alpha value is -3.00. The molecule has 0 aliphatic carbocycles. The van der Waals surface area contributed by atoms with Gasteiger partial charge in [-0.25, -0.2) is 4.39 Å². The molecule has 4 rings (SSSR count). The van der Waals surface area contributed by atoms with Crippen LogP contribution in [0.2, 0.25) is 0 Å². The van der Waals surface area contributed by atoms with Crippen LogP contribution in [-0.4, -0.2) is 31.8 Å². The van der Waals surface area contributed by atoms with E-state index >= 15 is 0 Å². The molecule has 8 heteroatoms. The molecule has 0 N–H and O–H groups in total. The largest absolute Gasteiger partial charge is 0.550 e. The van der Waals surface area contributed by atoms with Gasteiger partial charge in [0.1, 0.15) is 5.82 Å². The van der Waals surface area contributed by atoms with Gasteiger partial charge in [-0.2, -0.15) is 9.78 Å². The lowest BCUT2D eigenvalue weighted by Gasteiger charge is -2.23. The molecule has 1 atom stereocenters. The second kappa shape index (κ2) is 6.72. The number of halogens is 1. The number of aliphatic carboxylic acids is 1. The summed E-state index contributed by atoms with van der Waals surface area (Å²) in [6.45, 7) is 0. The zero-order chi connectivity index (χ0) is 18.1. The number of fused-ring (bicyclic) bond motifs is 1. The molecule has 3 aromatic rings. The smallest absolute Gasteiger partial charge is 0.213 e. The number of hydrogen-bond acceptors (Lipinski definition) is 6. The van der Waals surface area contributed by atoms with E-state index in [0.717, 1.165) is 5.56 Å². The van der Waals surface area contributed by atoms with Crippen LogP contribution in [0.3, 0.4) is 0 Å². The predicted octanol–water partition coefficient (Wildman–Crippen LogP) is 1.95. The Morgan fingerprint density at radius 2 is 1.81 bits per heavy atom. The van der Waals surface area contributed by atoms with Crippen LogP contribution in [0.5, 0.6) is 0 Å². The van der Waals surface area contributed by atoms with E-state index in [4.69, 9.17) is 0 Å². The van der Waals surface area contributed by atoms with Crippen molar-refractivity contribution in [2.45, 2.75) is 16.8 Å². The standard InChI is InChI=1S/C18H13FN4O2S/c19-13-8-6-12(7-9-13)17-20-21-18-23(17)22-16(11-4-2-1-3-5-11)14(26-18)10-15(24)25/h1-9,14H,10H2,(H,24,25)/p-1/t14-/m1/s1. The molecule has 0 amide bonds. The van der Waals surface area contributed by atoms with Gasteiger partial charge in [-0.1, -0.05) is 42.1 Å². The molecule has 1 aliphatic rings. The summed E-state index contributed by atoms with van der Waals surface area (Å²) in [6.07, 6.45) is -0.183. The van der Waals surface area contributed by atoms with Gasteiger partial charge in [0, 0.05) is 18.0 Å². The molecule has 0 saturated carbocycles. The van der Waals surface area contributed by atoms with E-state index in [1.807, 2.05) is 30.3 Å². The fourth-order valence-electron chi connectivity index (χ4n) is 2.71. The van der Waals surface area contributed by atoms with Crippen molar-refractivity contribution in [1.29, 1.82) is 0 Å². The molecular weight excluding hydrogens is 355 g/mol. The molecule has 0 radical (unpaired) electrons. The Morgan fingerprint density at radius 3 is 2.50 bits per heavy atom. The average Bonchev–Trinajstić information content (AvgIpc) is 3.05. The summed E-state index contributed by atoms with van der Waals surface area (Å²) in [5.74, 6) is -1.03. The fourth-order valence-corrected chi connectivity index (χ4v) is 3.79. The lowest BCUT2D eigenvalue weighted by molar-refractivity contribution is -0.305. The summed E-state index contributed by atoms with van der Waals surface area (Å²) in [6, 6.07) is 15.2. The third kappa shape index (κ3) is 3.11. The number of rotatable bonds is 4. The van der Waals surface area contributed by atoms with Crippen molar-refractivity contribution < 1.29 is 14.3 Å². The predicted molar refractivity (Wildman–Crippen MR) is 93.1 cm³/mol. The van der Waals surface area contributed by atoms with E-state index in [-0.39, 0.29) is 12.2 Å². The Kier molecular flexibility index (Phi) is 4.26. The van der Waals surface area contributed by atoms with Gasteiger partial charge in [0.15, 0.2) is 5.82 Å². The van der Waals surface area contributed by atoms with E-state index in [9.17, 15) is 14.3 Å². The molecule has 2 heterocycles. The molecule has 130 valence electrons. The normalized spacial score (nSPS) is 16.0. The van der Waals surface area contributed by atoms with Crippen molar-refractivity contribution in [3.05, 3.63) is 66.0 Å². The molecule has 1 aliphatic heterocycles. The topological polar surface area (TPSA) is 83.2 Å². The summed E-state index contributed by atoms with van der Waals surface area (Å²) < 4.78 is 14.7. The number of benzene rings is 2. The first-order chi connectivity index (χ1) is 12.6. The quantitative estimate of drug-likeness (QED) is 0.704. The minimum absolute atomic E-state index is 0.183. The molecule has 0 bridgehead atoms. The van der Waals surface area contributed by atoms with Gasteiger partial charge in [-0.15, -0.1) is 10.2 Å². The highest BCUT2D eigenvalue weighted by atomic mass is 32.2. The molecule has 6 nitrogen and oxygen atoms in total. The summed E-state index contributed by atoms with van der Waals surface area (Å²) in [7, 11) is 0. The number of carbonyl (C=O) groups excluding carboxylic acids is 1. The van der Waals surface area contributed by atoms with Gasteiger partial charge in [0.25, 0.3) is 0 Å². The van der Waals surface area contributed by atoms with Crippen LogP contribution >= 0.6 is 11.8 Å². The van der Waals surface area contributed by atoms with E-state index in [1.54, 1.807) is 16.8 Å². The van der Waals surface area contributed by atoms with Crippen molar-refractivity contribution in [1.82, 2.24) is 14.9 Å². The maximum Gasteiger partial charge on any atom is 0.213 e. The minimum atomic E-state index is -1.15. The monoisotopic (exact) mass is 367 g/mol. The van der Waals surface area contributed by atoms with Crippen LogP contribution in [0.15, 0.2) is 64.9 Å². The fraction of sp³-hybridized carbons (Fsp3) is 0.111. The first kappa shape index (κ1) is 16.5. The Balaban J connectivity index is 1.82. The van der Waals surface area contributed by atoms with Gasteiger partial charge in [0.05, 0.1) is 11.0 Å². The number of thioether (sulfide) groups is 1. The van der Waals surface area contributed by atoms with E-state index in [0.29, 0.717) is 22.3 Å². The zero-order valence-electron chi connectivity index (χ0n) is 13.4. The number of hydrogen-bond donors (Lipinski definition) is 0. The van der Waals surface area contributed by atoms with Gasteiger partial charge < -0.3 is 9.90 Å². The highest BCUT2D eigenvalue weighted by Crippen LogP contribution is 2.34. The lowest BCUT2D eigenvalue weighted by Crippen LogP contribution is -2.32. The van der Waals surface area contributed by atoms with Crippen LogP contribution in [0.25, 0.3) is 11.4 Å². The van der Waals surface area contributed by atoms with Crippen LogP contribution in [0.1, 0.15) is 12.0 Å². The Labute approximate surface area is 152 Å². The SMILES string of the molecule is O=C([O-])C[C@H]1Sc2nnc(-c3ccc(F)cc3)n2N=C1c1ccccc1. The van der Waals surface area contributed by atoms with Gasteiger partial charge in [-0.3, -0.25) is 0 Å². The number of aromatic nitrogens is 3. The first-order valence-electron chi connectivity index (χ1n) is 7.84. The number of carboxylic acids is 1. The zero-order valence-corrected chi connectivity index (χ0v) is 14.2. The molecule has 0 fully saturated rings. The minimum Gasteiger partial charge on any atom is -0.550 e. The van der Waals surface area contributed by atoms with Gasteiger partial charge >= 0.3 is 0 Å². The lowest BCUT2D eigenvalue weighted by atomic mass is 10.1. The summed E-state index contributed by atoms with van der Waals surface area (Å²) in [5.41, 5.74) is 2.09. The highest BCUT2D eigenvalue weighted by molar-refractivity contribution is 8.00. The average molecular weight is 367 g/mol. The third-order valence-electron chi connectivity index (χ3n) is 3.90. The number of carbonyl (C=O) groups is 1.